The monoisotopic (exact) mass is 493 g/mol. The highest BCUT2D eigenvalue weighted by atomic mass is 19.1. The van der Waals surface area contributed by atoms with Crippen LogP contribution in [0.3, 0.4) is 0 Å². The van der Waals surface area contributed by atoms with E-state index in [-0.39, 0.29) is 43.2 Å². The smallest absolute Gasteiger partial charge is 0.343 e. The van der Waals surface area contributed by atoms with Gasteiger partial charge in [0.15, 0.2) is 5.60 Å². The molecule has 186 valence electrons. The zero-order valence-electron chi connectivity index (χ0n) is 19.8. The molecular formula is C26H24FN3O6. The molecule has 9 nitrogen and oxygen atoms in total. The van der Waals surface area contributed by atoms with Crippen LogP contribution in [0.15, 0.2) is 23.0 Å². The lowest BCUT2D eigenvalue weighted by molar-refractivity contribution is -0.172. The van der Waals surface area contributed by atoms with E-state index in [4.69, 9.17) is 9.72 Å². The van der Waals surface area contributed by atoms with Crippen molar-refractivity contribution >= 4 is 22.8 Å². The van der Waals surface area contributed by atoms with Crippen LogP contribution in [-0.2, 0) is 39.6 Å². The molecule has 0 bridgehead atoms. The van der Waals surface area contributed by atoms with Gasteiger partial charge in [-0.3, -0.25) is 9.59 Å². The summed E-state index contributed by atoms with van der Waals surface area (Å²) in [6.07, 6.45) is -0.705. The van der Waals surface area contributed by atoms with Gasteiger partial charge in [-0.15, -0.1) is 0 Å². The zero-order chi connectivity index (χ0) is 25.5. The molecule has 2 N–H and O–H groups in total. The van der Waals surface area contributed by atoms with Crippen molar-refractivity contribution in [3.63, 3.8) is 0 Å². The van der Waals surface area contributed by atoms with Crippen LogP contribution < -0.4 is 5.56 Å². The largest absolute Gasteiger partial charge is 0.458 e. The molecular weight excluding hydrogens is 469 g/mol. The number of fused-ring (bicyclic) bond motifs is 5. The van der Waals surface area contributed by atoms with Crippen molar-refractivity contribution in [2.45, 2.75) is 58.1 Å². The number of nitrogens with zero attached hydrogens (tertiary/aromatic N) is 3. The van der Waals surface area contributed by atoms with Crippen LogP contribution in [0.2, 0.25) is 0 Å². The zero-order valence-corrected chi connectivity index (χ0v) is 19.8. The van der Waals surface area contributed by atoms with Crippen LogP contribution in [0, 0.1) is 12.7 Å². The molecule has 0 saturated carbocycles. The highest BCUT2D eigenvalue weighted by Crippen LogP contribution is 2.41. The number of aliphatic hydroxyl groups excluding tert-OH is 1. The van der Waals surface area contributed by atoms with Crippen molar-refractivity contribution < 1.29 is 28.9 Å². The molecule has 5 heterocycles. The van der Waals surface area contributed by atoms with Crippen molar-refractivity contribution in [2.24, 2.45) is 0 Å². The van der Waals surface area contributed by atoms with Gasteiger partial charge in [-0.25, -0.2) is 14.2 Å². The van der Waals surface area contributed by atoms with Gasteiger partial charge in [-0.2, -0.15) is 0 Å². The molecule has 1 fully saturated rings. The summed E-state index contributed by atoms with van der Waals surface area (Å²) in [5.41, 5.74) is 1.11. The molecule has 0 radical (unpaired) electrons. The number of aryl methyl sites for hydroxylation is 1. The van der Waals surface area contributed by atoms with Crippen LogP contribution >= 0.6 is 0 Å². The molecule has 6 rings (SSSR count). The van der Waals surface area contributed by atoms with E-state index in [9.17, 15) is 29.0 Å². The Balaban J connectivity index is 1.61. The minimum atomic E-state index is -1.95. The molecule has 2 aromatic heterocycles. The van der Waals surface area contributed by atoms with Gasteiger partial charge < -0.3 is 24.4 Å². The van der Waals surface area contributed by atoms with Crippen LogP contribution in [-0.4, -0.2) is 49.2 Å². The van der Waals surface area contributed by atoms with Crippen LogP contribution in [0.5, 0.6) is 0 Å². The Morgan fingerprint density at radius 2 is 2.00 bits per heavy atom. The first-order chi connectivity index (χ1) is 17.1. The molecule has 10 heteroatoms. The maximum atomic E-state index is 14.5. The van der Waals surface area contributed by atoms with E-state index in [1.165, 1.54) is 10.6 Å². The van der Waals surface area contributed by atoms with Gasteiger partial charge >= 0.3 is 5.97 Å². The third kappa shape index (κ3) is 3.00. The number of benzene rings is 1. The molecule has 1 saturated heterocycles. The Kier molecular flexibility index (Phi) is 4.87. The summed E-state index contributed by atoms with van der Waals surface area (Å²) in [6.45, 7) is 3.75. The molecule has 2 atom stereocenters. The van der Waals surface area contributed by atoms with Crippen molar-refractivity contribution in [2.75, 3.05) is 6.54 Å². The van der Waals surface area contributed by atoms with E-state index in [0.29, 0.717) is 46.4 Å². The van der Waals surface area contributed by atoms with Gasteiger partial charge in [-0.05, 0) is 43.0 Å². The van der Waals surface area contributed by atoms with Crippen molar-refractivity contribution in [1.29, 1.82) is 0 Å². The minimum Gasteiger partial charge on any atom is -0.458 e. The van der Waals surface area contributed by atoms with E-state index >= 15 is 0 Å². The summed E-state index contributed by atoms with van der Waals surface area (Å²) in [4.78, 5) is 44.7. The van der Waals surface area contributed by atoms with Crippen LogP contribution in [0.4, 0.5) is 4.39 Å². The fourth-order valence-corrected chi connectivity index (χ4v) is 5.54. The second-order valence-corrected chi connectivity index (χ2v) is 9.70. The predicted molar refractivity (Wildman–Crippen MR) is 125 cm³/mol. The van der Waals surface area contributed by atoms with Crippen molar-refractivity contribution in [3.8, 4) is 11.4 Å². The SMILES string of the molecule is CC[C@@]1(O)C(=O)OCc2c1cc1n(c2=O)Cc2c-1nc1cc(F)c(C)cc1c2CN1CC[C@@H](O)C1=O. The van der Waals surface area contributed by atoms with E-state index in [1.54, 1.807) is 30.9 Å². The predicted octanol–water partition coefficient (Wildman–Crippen LogP) is 1.62. The first kappa shape index (κ1) is 22.8. The summed E-state index contributed by atoms with van der Waals surface area (Å²) in [7, 11) is 0. The lowest BCUT2D eigenvalue weighted by Gasteiger charge is -2.31. The third-order valence-electron chi connectivity index (χ3n) is 7.70. The number of aromatic nitrogens is 2. The standard InChI is InChI=1S/C26H24FN3O6/c1-3-26(35)17-7-20-22-15(10-30(20)23(32)16(17)11-36-25(26)34)14(9-29-5-4-21(31)24(29)33)13-6-12(2)18(27)8-19(13)28-22/h6-8,21,31,35H,3-5,9-11H2,1-2H3/t21-,26+/m1/s1. The molecule has 0 spiro atoms. The third-order valence-corrected chi connectivity index (χ3v) is 7.70. The number of amides is 1. The topological polar surface area (TPSA) is 122 Å². The lowest BCUT2D eigenvalue weighted by atomic mass is 9.86. The quantitative estimate of drug-likeness (QED) is 0.416. The molecule has 3 aromatic rings. The number of hydrogen-bond donors (Lipinski definition) is 2. The number of pyridine rings is 2. The molecule has 3 aliphatic rings. The second kappa shape index (κ2) is 7.68. The number of esters is 1. The summed E-state index contributed by atoms with van der Waals surface area (Å²) in [5, 5.41) is 21.7. The number of cyclic esters (lactones) is 1. The van der Waals surface area contributed by atoms with Crippen molar-refractivity contribution in [3.05, 3.63) is 62.2 Å². The van der Waals surface area contributed by atoms with Gasteiger partial charge in [0.05, 0.1) is 29.0 Å². The number of halogens is 1. The molecule has 1 amide bonds. The average molecular weight is 493 g/mol. The number of aliphatic hydroxyl groups is 2. The molecule has 0 unspecified atom stereocenters. The van der Waals surface area contributed by atoms with E-state index in [2.05, 4.69) is 0 Å². The lowest BCUT2D eigenvalue weighted by Crippen LogP contribution is -2.44. The second-order valence-electron chi connectivity index (χ2n) is 9.70. The Hall–Kier alpha value is -3.63. The first-order valence-electron chi connectivity index (χ1n) is 11.9. The van der Waals surface area contributed by atoms with Crippen LogP contribution in [0.1, 0.15) is 47.6 Å². The average Bonchev–Trinajstić information content (AvgIpc) is 3.38. The Bertz CT molecular complexity index is 1560. The minimum absolute atomic E-state index is 0.0227. The highest BCUT2D eigenvalue weighted by Gasteiger charge is 2.45. The summed E-state index contributed by atoms with van der Waals surface area (Å²) in [5.74, 6) is -1.62. The number of ether oxygens (including phenoxy) is 1. The number of carbonyl (C=O) groups excluding carboxylic acids is 2. The fraction of sp³-hybridized carbons (Fsp3) is 0.385. The van der Waals surface area contributed by atoms with E-state index < -0.39 is 29.1 Å². The van der Waals surface area contributed by atoms with Crippen molar-refractivity contribution in [1.82, 2.24) is 14.5 Å². The summed E-state index contributed by atoms with van der Waals surface area (Å²) in [6, 6.07) is 4.61. The summed E-state index contributed by atoms with van der Waals surface area (Å²) < 4.78 is 21.2. The van der Waals surface area contributed by atoms with E-state index in [1.807, 2.05) is 0 Å². The molecule has 0 aliphatic carbocycles. The van der Waals surface area contributed by atoms with E-state index in [0.717, 1.165) is 5.56 Å². The summed E-state index contributed by atoms with van der Waals surface area (Å²) >= 11 is 0. The van der Waals surface area contributed by atoms with Gasteiger partial charge in [0.25, 0.3) is 11.5 Å². The number of carbonyl (C=O) groups is 2. The first-order valence-corrected chi connectivity index (χ1v) is 11.9. The van der Waals surface area contributed by atoms with Gasteiger partial charge in [0.1, 0.15) is 18.5 Å². The maximum Gasteiger partial charge on any atom is 0.343 e. The molecule has 1 aromatic carbocycles. The molecule has 3 aliphatic heterocycles. The van der Waals surface area contributed by atoms with Crippen LogP contribution in [0.25, 0.3) is 22.3 Å². The number of hydrogen-bond acceptors (Lipinski definition) is 7. The molecule has 36 heavy (non-hydrogen) atoms. The Morgan fingerprint density at radius 3 is 2.69 bits per heavy atom. The van der Waals surface area contributed by atoms with Gasteiger partial charge in [0, 0.05) is 35.7 Å². The Morgan fingerprint density at radius 1 is 1.22 bits per heavy atom. The number of rotatable bonds is 3. The van der Waals surface area contributed by atoms with Gasteiger partial charge in [-0.1, -0.05) is 6.92 Å². The normalized spacial score (nSPS) is 22.6. The Labute approximate surface area is 204 Å². The van der Waals surface area contributed by atoms with Gasteiger partial charge in [0.2, 0.25) is 0 Å². The maximum absolute atomic E-state index is 14.5. The number of likely N-dealkylation sites (tertiary alicyclic amines) is 1. The fourth-order valence-electron chi connectivity index (χ4n) is 5.54. The highest BCUT2D eigenvalue weighted by molar-refractivity contribution is 5.90.